The van der Waals surface area contributed by atoms with Crippen molar-refractivity contribution in [1.82, 2.24) is 29.3 Å². The van der Waals surface area contributed by atoms with E-state index in [1.165, 1.54) is 10.7 Å². The number of aromatic amines is 1. The molecule has 33 heavy (non-hydrogen) atoms. The van der Waals surface area contributed by atoms with Crippen LogP contribution in [-0.4, -0.2) is 47.6 Å². The number of hydrogen-bond acceptors (Lipinski definition) is 5. The number of rotatable bonds is 2. The lowest BCUT2D eigenvalue weighted by molar-refractivity contribution is -0.121. The third-order valence-corrected chi connectivity index (χ3v) is 6.74. The van der Waals surface area contributed by atoms with E-state index >= 15 is 0 Å². The number of nitrogens with one attached hydrogen (secondary N) is 2. The number of aryl methyl sites for hydroxylation is 2. The predicted molar refractivity (Wildman–Crippen MR) is 119 cm³/mol. The summed E-state index contributed by atoms with van der Waals surface area (Å²) >= 11 is 0. The first-order valence-corrected chi connectivity index (χ1v) is 10.7. The second-order valence-corrected chi connectivity index (χ2v) is 8.68. The van der Waals surface area contributed by atoms with Gasteiger partial charge in [0.2, 0.25) is 5.91 Å². The number of benzene rings is 1. The largest absolute Gasteiger partial charge is 0.330 e. The van der Waals surface area contributed by atoms with Gasteiger partial charge in [-0.3, -0.25) is 24.2 Å². The zero-order chi connectivity index (χ0) is 22.9. The lowest BCUT2D eigenvalue weighted by Gasteiger charge is -2.33. The van der Waals surface area contributed by atoms with E-state index in [4.69, 9.17) is 0 Å². The highest BCUT2D eigenvalue weighted by Crippen LogP contribution is 2.54. The number of likely N-dealkylation sites (tertiary alicyclic amines) is 1. The Morgan fingerprint density at radius 1 is 1.21 bits per heavy atom. The molecule has 0 unspecified atom stereocenters. The molecule has 1 saturated heterocycles. The van der Waals surface area contributed by atoms with E-state index in [2.05, 4.69) is 20.5 Å². The van der Waals surface area contributed by atoms with Crippen LogP contribution in [0, 0.1) is 6.92 Å². The summed E-state index contributed by atoms with van der Waals surface area (Å²) in [4.78, 5) is 46.2. The van der Waals surface area contributed by atoms with Crippen LogP contribution in [0.1, 0.15) is 39.6 Å². The van der Waals surface area contributed by atoms with E-state index in [1.54, 1.807) is 28.9 Å². The summed E-state index contributed by atoms with van der Waals surface area (Å²) in [5.41, 5.74) is 2.05. The standard InChI is InChI=1S/C23H21N7O3/c1-13-9-18-24-11-15(21(32)30(18)27-13)20(31)29-8-7-23(19(29)14-10-25-28(2)12-14)16-5-3-4-6-17(16)26-22(23)33/h3-6,9-12,19,27H,7-8H2,1-2H3,(H,26,33)/t19-,23+/m0/s1. The number of hydrogen-bond donors (Lipinski definition) is 2. The van der Waals surface area contributed by atoms with Gasteiger partial charge in [0.05, 0.1) is 12.2 Å². The van der Waals surface area contributed by atoms with Gasteiger partial charge >= 0.3 is 0 Å². The molecule has 2 aliphatic rings. The van der Waals surface area contributed by atoms with E-state index in [-0.39, 0.29) is 11.5 Å². The van der Waals surface area contributed by atoms with Crippen molar-refractivity contribution in [2.45, 2.75) is 24.8 Å². The van der Waals surface area contributed by atoms with Gasteiger partial charge in [0.15, 0.2) is 5.65 Å². The zero-order valence-electron chi connectivity index (χ0n) is 18.1. The van der Waals surface area contributed by atoms with Crippen LogP contribution in [0.3, 0.4) is 0 Å². The molecule has 2 amide bonds. The second-order valence-electron chi connectivity index (χ2n) is 8.68. The maximum Gasteiger partial charge on any atom is 0.285 e. The molecule has 2 N–H and O–H groups in total. The van der Waals surface area contributed by atoms with E-state index in [9.17, 15) is 14.4 Å². The monoisotopic (exact) mass is 443 g/mol. The van der Waals surface area contributed by atoms with E-state index in [0.29, 0.717) is 18.6 Å². The summed E-state index contributed by atoms with van der Waals surface area (Å²) in [7, 11) is 1.79. The van der Waals surface area contributed by atoms with Gasteiger partial charge in [-0.15, -0.1) is 0 Å². The fourth-order valence-electron chi connectivity index (χ4n) is 5.33. The summed E-state index contributed by atoms with van der Waals surface area (Å²) < 4.78 is 2.91. The lowest BCUT2D eigenvalue weighted by Crippen LogP contribution is -2.43. The van der Waals surface area contributed by atoms with Crippen LogP contribution in [0.25, 0.3) is 5.65 Å². The highest BCUT2D eigenvalue weighted by molar-refractivity contribution is 6.08. The summed E-state index contributed by atoms with van der Waals surface area (Å²) in [6.45, 7) is 2.13. The molecule has 0 saturated carbocycles. The van der Waals surface area contributed by atoms with Gasteiger partial charge in [0, 0.05) is 49.0 Å². The van der Waals surface area contributed by atoms with Crippen molar-refractivity contribution in [3.8, 4) is 0 Å². The van der Waals surface area contributed by atoms with Gasteiger partial charge in [0.25, 0.3) is 11.5 Å². The van der Waals surface area contributed by atoms with E-state index < -0.39 is 22.9 Å². The summed E-state index contributed by atoms with van der Waals surface area (Å²) in [6.07, 6.45) is 5.24. The minimum atomic E-state index is -0.966. The number of carbonyl (C=O) groups excluding carboxylic acids is 2. The van der Waals surface area contributed by atoms with Gasteiger partial charge in [-0.2, -0.15) is 5.10 Å². The van der Waals surface area contributed by atoms with Crippen LogP contribution < -0.4 is 10.9 Å². The first-order chi connectivity index (χ1) is 15.9. The molecular weight excluding hydrogens is 422 g/mol. The number of fused-ring (bicyclic) bond motifs is 3. The van der Waals surface area contributed by atoms with Crippen molar-refractivity contribution in [3.05, 3.63) is 81.7 Å². The fraction of sp³-hybridized carbons (Fsp3) is 0.261. The van der Waals surface area contributed by atoms with Crippen LogP contribution in [0.15, 0.2) is 53.7 Å². The van der Waals surface area contributed by atoms with Crippen LogP contribution in [0.4, 0.5) is 5.69 Å². The number of H-pyrrole nitrogens is 1. The van der Waals surface area contributed by atoms with Crippen LogP contribution in [0.2, 0.25) is 0 Å². The summed E-state index contributed by atoms with van der Waals surface area (Å²) in [6, 6.07) is 8.67. The molecule has 166 valence electrons. The normalized spacial score (nSPS) is 21.7. The Hall–Kier alpha value is -4.21. The summed E-state index contributed by atoms with van der Waals surface area (Å²) in [5, 5.41) is 10.2. The quantitative estimate of drug-likeness (QED) is 0.487. The summed E-state index contributed by atoms with van der Waals surface area (Å²) in [5.74, 6) is -0.616. The van der Waals surface area contributed by atoms with Gasteiger partial charge in [-0.25, -0.2) is 9.50 Å². The highest BCUT2D eigenvalue weighted by atomic mass is 16.2. The van der Waals surface area contributed by atoms with Crippen LogP contribution in [0.5, 0.6) is 0 Å². The van der Waals surface area contributed by atoms with Crippen molar-refractivity contribution in [2.75, 3.05) is 11.9 Å². The molecular formula is C23H21N7O3. The van der Waals surface area contributed by atoms with Crippen molar-refractivity contribution < 1.29 is 9.59 Å². The molecule has 1 spiro atoms. The third kappa shape index (κ3) is 2.57. The number of carbonyl (C=O) groups is 2. The zero-order valence-corrected chi connectivity index (χ0v) is 18.1. The van der Waals surface area contributed by atoms with Gasteiger partial charge in [0.1, 0.15) is 11.0 Å². The highest BCUT2D eigenvalue weighted by Gasteiger charge is 2.59. The minimum absolute atomic E-state index is 0.0491. The topological polar surface area (TPSA) is 117 Å². The van der Waals surface area contributed by atoms with Crippen molar-refractivity contribution >= 4 is 23.1 Å². The average molecular weight is 443 g/mol. The van der Waals surface area contributed by atoms with Gasteiger partial charge < -0.3 is 10.2 Å². The molecule has 1 aromatic carbocycles. The Morgan fingerprint density at radius 2 is 2.03 bits per heavy atom. The van der Waals surface area contributed by atoms with Gasteiger partial charge in [-0.05, 0) is 25.0 Å². The predicted octanol–water partition coefficient (Wildman–Crippen LogP) is 1.54. The maximum atomic E-state index is 13.8. The first-order valence-electron chi connectivity index (χ1n) is 10.7. The Bertz CT molecular complexity index is 1510. The van der Waals surface area contributed by atoms with E-state index in [0.717, 1.165) is 22.5 Å². The number of nitrogens with zero attached hydrogens (tertiary/aromatic N) is 5. The van der Waals surface area contributed by atoms with E-state index in [1.807, 2.05) is 37.4 Å². The number of para-hydroxylation sites is 1. The molecule has 0 aliphatic carbocycles. The van der Waals surface area contributed by atoms with Crippen LogP contribution >= 0.6 is 0 Å². The number of amides is 2. The smallest absolute Gasteiger partial charge is 0.285 e. The Kier molecular flexibility index (Phi) is 3.92. The molecule has 2 atom stereocenters. The molecule has 4 aromatic rings. The SMILES string of the molecule is Cc1cc2ncc(C(=O)N3CC[C@]4(C(=O)Nc5ccccc54)[C@@H]3c3cnn(C)c3)c(=O)n2[nH]1. The first kappa shape index (κ1) is 19.5. The second kappa shape index (κ2) is 6.64. The Balaban J connectivity index is 1.52. The van der Waals surface area contributed by atoms with Crippen LogP contribution in [-0.2, 0) is 17.3 Å². The number of aromatic nitrogens is 5. The Morgan fingerprint density at radius 3 is 2.82 bits per heavy atom. The fourth-order valence-corrected chi connectivity index (χ4v) is 5.33. The molecule has 5 heterocycles. The molecule has 0 radical (unpaired) electrons. The average Bonchev–Trinajstić information content (AvgIpc) is 3.54. The molecule has 1 fully saturated rings. The lowest BCUT2D eigenvalue weighted by atomic mass is 9.73. The molecule has 3 aromatic heterocycles. The van der Waals surface area contributed by atoms with Crippen molar-refractivity contribution in [2.24, 2.45) is 7.05 Å². The minimum Gasteiger partial charge on any atom is -0.330 e. The third-order valence-electron chi connectivity index (χ3n) is 6.74. The molecule has 0 bridgehead atoms. The molecule has 2 aliphatic heterocycles. The van der Waals surface area contributed by atoms with Gasteiger partial charge in [-0.1, -0.05) is 18.2 Å². The van der Waals surface area contributed by atoms with Crippen molar-refractivity contribution in [3.63, 3.8) is 0 Å². The Labute approximate surface area is 187 Å². The maximum absolute atomic E-state index is 13.8. The molecule has 6 rings (SSSR count). The molecule has 10 heteroatoms. The van der Waals surface area contributed by atoms with Crippen molar-refractivity contribution in [1.29, 1.82) is 0 Å². The molecule has 10 nitrogen and oxygen atoms in total. The number of anilines is 1.